The summed E-state index contributed by atoms with van der Waals surface area (Å²) in [7, 11) is 0. The maximum absolute atomic E-state index is 6.06. The van der Waals surface area contributed by atoms with E-state index < -0.39 is 0 Å². The van der Waals surface area contributed by atoms with Crippen LogP contribution in [0.3, 0.4) is 0 Å². The smallest absolute Gasteiger partial charge is 0.0730 e. The molecule has 0 radical (unpaired) electrons. The molecule has 0 aromatic rings. The summed E-state index contributed by atoms with van der Waals surface area (Å²) in [6.07, 6.45) is 6.02. The molecule has 4 heteroatoms. The first-order valence-electron chi connectivity index (χ1n) is 5.30. The molecule has 2 fully saturated rings. The van der Waals surface area contributed by atoms with Crippen molar-refractivity contribution in [1.29, 1.82) is 0 Å². The average molecular weight is 222 g/mol. The van der Waals surface area contributed by atoms with Gasteiger partial charge in [0.25, 0.3) is 0 Å². The zero-order valence-electron chi connectivity index (χ0n) is 8.54. The maximum Gasteiger partial charge on any atom is 0.0730 e. The third kappa shape index (κ3) is 2.60. The Kier molecular flexibility index (Phi) is 4.64. The Morgan fingerprint density at radius 1 is 1.21 bits per heavy atom. The Bertz CT molecular complexity index is 166. The summed E-state index contributed by atoms with van der Waals surface area (Å²) in [5, 5.41) is 0. The van der Waals surface area contributed by atoms with E-state index in [4.69, 9.17) is 15.2 Å². The first kappa shape index (κ1) is 12.2. The van der Waals surface area contributed by atoms with Crippen LogP contribution in [0.2, 0.25) is 0 Å². The van der Waals surface area contributed by atoms with E-state index in [1.165, 1.54) is 12.8 Å². The topological polar surface area (TPSA) is 44.5 Å². The van der Waals surface area contributed by atoms with Gasteiger partial charge >= 0.3 is 0 Å². The number of hydrogen-bond acceptors (Lipinski definition) is 3. The van der Waals surface area contributed by atoms with Gasteiger partial charge in [-0.05, 0) is 32.1 Å². The molecule has 0 bridgehead atoms. The fourth-order valence-electron chi connectivity index (χ4n) is 2.40. The van der Waals surface area contributed by atoms with Crippen LogP contribution in [-0.4, -0.2) is 31.5 Å². The Hall–Kier alpha value is 0.170. The Labute approximate surface area is 91.7 Å². The fraction of sp³-hybridized carbons (Fsp3) is 1.00. The van der Waals surface area contributed by atoms with Gasteiger partial charge in [0.1, 0.15) is 0 Å². The Morgan fingerprint density at radius 3 is 2.57 bits per heavy atom. The van der Waals surface area contributed by atoms with Crippen LogP contribution < -0.4 is 5.73 Å². The largest absolute Gasteiger partial charge is 0.381 e. The van der Waals surface area contributed by atoms with Crippen molar-refractivity contribution in [2.24, 2.45) is 5.73 Å². The zero-order valence-corrected chi connectivity index (χ0v) is 9.35. The minimum atomic E-state index is 0. The maximum atomic E-state index is 6.06. The number of ether oxygens (including phenoxy) is 2. The highest BCUT2D eigenvalue weighted by Crippen LogP contribution is 2.36. The molecule has 0 aromatic heterocycles. The summed E-state index contributed by atoms with van der Waals surface area (Å²) >= 11 is 0. The molecule has 2 aliphatic rings. The summed E-state index contributed by atoms with van der Waals surface area (Å²) in [4.78, 5) is 0. The molecule has 0 aliphatic carbocycles. The van der Waals surface area contributed by atoms with Crippen LogP contribution >= 0.6 is 12.4 Å². The van der Waals surface area contributed by atoms with Crippen LogP contribution in [-0.2, 0) is 9.47 Å². The second-order valence-electron chi connectivity index (χ2n) is 4.16. The van der Waals surface area contributed by atoms with E-state index in [0.29, 0.717) is 12.6 Å². The monoisotopic (exact) mass is 221 g/mol. The van der Waals surface area contributed by atoms with Crippen molar-refractivity contribution in [2.45, 2.75) is 43.8 Å². The third-order valence-corrected chi connectivity index (χ3v) is 3.24. The molecule has 1 atom stereocenters. The highest BCUT2D eigenvalue weighted by molar-refractivity contribution is 5.85. The van der Waals surface area contributed by atoms with Gasteiger partial charge in [-0.2, -0.15) is 0 Å². The van der Waals surface area contributed by atoms with Crippen molar-refractivity contribution in [1.82, 2.24) is 0 Å². The number of hydrogen-bond donors (Lipinski definition) is 1. The molecule has 2 aliphatic heterocycles. The average Bonchev–Trinajstić information content (AvgIpc) is 2.19. The van der Waals surface area contributed by atoms with Crippen molar-refractivity contribution in [3.8, 4) is 0 Å². The molecule has 0 amide bonds. The van der Waals surface area contributed by atoms with Gasteiger partial charge in [-0.3, -0.25) is 0 Å². The molecule has 2 N–H and O–H groups in total. The predicted octanol–water partition coefficient (Wildman–Crippen LogP) is 1.49. The summed E-state index contributed by atoms with van der Waals surface area (Å²) in [5.41, 5.74) is 5.76. The molecule has 0 saturated carbocycles. The van der Waals surface area contributed by atoms with Crippen molar-refractivity contribution in [3.63, 3.8) is 0 Å². The van der Waals surface area contributed by atoms with Crippen LogP contribution in [0.1, 0.15) is 32.1 Å². The van der Waals surface area contributed by atoms with Crippen LogP contribution in [0.25, 0.3) is 0 Å². The van der Waals surface area contributed by atoms with Gasteiger partial charge in [-0.25, -0.2) is 0 Å². The summed E-state index contributed by atoms with van der Waals surface area (Å²) in [6, 6.07) is 0. The van der Waals surface area contributed by atoms with E-state index in [-0.39, 0.29) is 18.0 Å². The molecule has 2 saturated heterocycles. The third-order valence-electron chi connectivity index (χ3n) is 3.24. The van der Waals surface area contributed by atoms with Crippen molar-refractivity contribution < 1.29 is 9.47 Å². The van der Waals surface area contributed by atoms with E-state index in [0.717, 1.165) is 32.5 Å². The van der Waals surface area contributed by atoms with Gasteiger partial charge in [-0.15, -0.1) is 12.4 Å². The summed E-state index contributed by atoms with van der Waals surface area (Å²) in [5.74, 6) is 0. The quantitative estimate of drug-likeness (QED) is 0.730. The second kappa shape index (κ2) is 5.31. The normalized spacial score (nSPS) is 31.1. The van der Waals surface area contributed by atoms with Crippen molar-refractivity contribution >= 4 is 12.4 Å². The molecule has 2 rings (SSSR count). The molecular formula is C10H20ClNO2. The molecule has 2 heterocycles. The lowest BCUT2D eigenvalue weighted by Gasteiger charge is -2.43. The van der Waals surface area contributed by atoms with Gasteiger partial charge in [0, 0.05) is 19.8 Å². The molecular weight excluding hydrogens is 202 g/mol. The van der Waals surface area contributed by atoms with Crippen molar-refractivity contribution in [2.75, 3.05) is 19.8 Å². The molecule has 14 heavy (non-hydrogen) atoms. The standard InChI is InChI=1S/C10H19NO2.ClH/c11-8-9-2-1-3-10(13-9)4-6-12-7-5-10;/h9H,1-8,11H2;1H. The zero-order chi connectivity index (χ0) is 9.15. The molecule has 1 spiro atoms. The fourth-order valence-corrected chi connectivity index (χ4v) is 2.40. The molecule has 1 unspecified atom stereocenters. The van der Waals surface area contributed by atoms with E-state index in [2.05, 4.69) is 0 Å². The van der Waals surface area contributed by atoms with Gasteiger partial charge in [0.2, 0.25) is 0 Å². The number of halogens is 1. The first-order valence-corrected chi connectivity index (χ1v) is 5.30. The van der Waals surface area contributed by atoms with Gasteiger partial charge in [-0.1, -0.05) is 0 Å². The van der Waals surface area contributed by atoms with E-state index >= 15 is 0 Å². The second-order valence-corrected chi connectivity index (χ2v) is 4.16. The highest BCUT2D eigenvalue weighted by Gasteiger charge is 2.38. The molecule has 0 aromatic carbocycles. The lowest BCUT2D eigenvalue weighted by atomic mass is 9.85. The van der Waals surface area contributed by atoms with Gasteiger partial charge in [0.05, 0.1) is 11.7 Å². The summed E-state index contributed by atoms with van der Waals surface area (Å²) in [6.45, 7) is 2.39. The molecule has 3 nitrogen and oxygen atoms in total. The lowest BCUT2D eigenvalue weighted by Crippen LogP contribution is -2.46. The SMILES string of the molecule is Cl.NCC1CCCC2(CCOCC2)O1. The Morgan fingerprint density at radius 2 is 1.93 bits per heavy atom. The lowest BCUT2D eigenvalue weighted by molar-refractivity contribution is -0.166. The van der Waals surface area contributed by atoms with E-state index in [9.17, 15) is 0 Å². The first-order chi connectivity index (χ1) is 6.35. The van der Waals surface area contributed by atoms with Crippen LogP contribution in [0.15, 0.2) is 0 Å². The molecule has 84 valence electrons. The van der Waals surface area contributed by atoms with E-state index in [1.54, 1.807) is 0 Å². The van der Waals surface area contributed by atoms with Crippen molar-refractivity contribution in [3.05, 3.63) is 0 Å². The minimum Gasteiger partial charge on any atom is -0.381 e. The van der Waals surface area contributed by atoms with Crippen LogP contribution in [0, 0.1) is 0 Å². The van der Waals surface area contributed by atoms with Crippen LogP contribution in [0.5, 0.6) is 0 Å². The number of rotatable bonds is 1. The van der Waals surface area contributed by atoms with E-state index in [1.807, 2.05) is 0 Å². The Balaban J connectivity index is 0.000000980. The van der Waals surface area contributed by atoms with Gasteiger partial charge in [0.15, 0.2) is 0 Å². The summed E-state index contributed by atoms with van der Waals surface area (Å²) < 4.78 is 11.4. The predicted molar refractivity (Wildman–Crippen MR) is 57.8 cm³/mol. The van der Waals surface area contributed by atoms with Crippen LogP contribution in [0.4, 0.5) is 0 Å². The minimum absolute atomic E-state index is 0. The highest BCUT2D eigenvalue weighted by atomic mass is 35.5. The number of nitrogens with two attached hydrogens (primary N) is 1. The van der Waals surface area contributed by atoms with Gasteiger partial charge < -0.3 is 15.2 Å².